The Kier molecular flexibility index (Phi) is 4.43. The lowest BCUT2D eigenvalue weighted by Crippen LogP contribution is -2.29. The van der Waals surface area contributed by atoms with Crippen LogP contribution in [0.3, 0.4) is 0 Å². The Hall–Kier alpha value is -1.89. The molecule has 0 saturated heterocycles. The fourth-order valence-corrected chi connectivity index (χ4v) is 1.49. The summed E-state index contributed by atoms with van der Waals surface area (Å²) < 4.78 is 13.4. The van der Waals surface area contributed by atoms with Crippen molar-refractivity contribution in [1.29, 1.82) is 0 Å². The van der Waals surface area contributed by atoms with Gasteiger partial charge < -0.3 is 15.5 Å². The lowest BCUT2D eigenvalue weighted by Gasteiger charge is -2.21. The van der Waals surface area contributed by atoms with Gasteiger partial charge >= 0.3 is 0 Å². The Morgan fingerprint density at radius 3 is 2.44 bits per heavy atom. The normalized spacial score (nSPS) is 10.7. The predicted molar refractivity (Wildman–Crippen MR) is 69.3 cm³/mol. The average molecular weight is 256 g/mol. The quantitative estimate of drug-likeness (QED) is 0.488. The second kappa shape index (κ2) is 5.63. The first-order chi connectivity index (χ1) is 8.32. The van der Waals surface area contributed by atoms with Crippen LogP contribution in [0.2, 0.25) is 0 Å². The number of likely N-dealkylation sites (N-methyl/N-ethyl adjacent to an activating group) is 2. The molecular formula is C11H17FN4O2. The maximum absolute atomic E-state index is 13.4. The lowest BCUT2D eigenvalue weighted by atomic mass is 10.2. The Morgan fingerprint density at radius 2 is 1.94 bits per heavy atom. The van der Waals surface area contributed by atoms with Gasteiger partial charge in [0.05, 0.1) is 10.6 Å². The van der Waals surface area contributed by atoms with Crippen LogP contribution in [-0.4, -0.2) is 44.1 Å². The predicted octanol–water partition coefficient (Wildman–Crippen LogP) is 1.31. The number of nitrogen functional groups attached to an aromatic ring is 1. The summed E-state index contributed by atoms with van der Waals surface area (Å²) in [5, 5.41) is 10.9. The second-order valence-electron chi connectivity index (χ2n) is 4.34. The van der Waals surface area contributed by atoms with E-state index in [1.165, 1.54) is 0 Å². The summed E-state index contributed by atoms with van der Waals surface area (Å²) in [5.74, 6) is -0.646. The van der Waals surface area contributed by atoms with Crippen LogP contribution >= 0.6 is 0 Å². The van der Waals surface area contributed by atoms with Gasteiger partial charge in [-0.2, -0.15) is 0 Å². The number of anilines is 2. The molecular weight excluding hydrogens is 239 g/mol. The highest BCUT2D eigenvalue weighted by atomic mass is 19.1. The summed E-state index contributed by atoms with van der Waals surface area (Å²) in [7, 11) is 5.47. The van der Waals surface area contributed by atoms with Gasteiger partial charge in [-0.25, -0.2) is 4.39 Å². The molecule has 0 aliphatic heterocycles. The number of rotatable bonds is 5. The van der Waals surface area contributed by atoms with Gasteiger partial charge in [-0.05, 0) is 14.1 Å². The van der Waals surface area contributed by atoms with Crippen molar-refractivity contribution in [2.24, 2.45) is 0 Å². The molecule has 1 aromatic rings. The van der Waals surface area contributed by atoms with E-state index in [1.807, 2.05) is 19.0 Å². The van der Waals surface area contributed by atoms with Crippen LogP contribution < -0.4 is 10.6 Å². The number of hydrogen-bond acceptors (Lipinski definition) is 5. The van der Waals surface area contributed by atoms with E-state index in [0.29, 0.717) is 13.1 Å². The minimum absolute atomic E-state index is 0.185. The zero-order valence-corrected chi connectivity index (χ0v) is 10.7. The van der Waals surface area contributed by atoms with Crippen molar-refractivity contribution in [2.75, 3.05) is 44.9 Å². The Morgan fingerprint density at radius 1 is 1.33 bits per heavy atom. The van der Waals surface area contributed by atoms with E-state index in [0.717, 1.165) is 12.1 Å². The molecule has 0 atom stereocenters. The maximum Gasteiger partial charge on any atom is 0.294 e. The van der Waals surface area contributed by atoms with Crippen molar-refractivity contribution in [3.8, 4) is 0 Å². The Labute approximate surface area is 105 Å². The van der Waals surface area contributed by atoms with Crippen molar-refractivity contribution in [1.82, 2.24) is 4.90 Å². The maximum atomic E-state index is 13.4. The van der Waals surface area contributed by atoms with Gasteiger partial charge in [0.1, 0.15) is 11.5 Å². The number of nitro benzene ring substituents is 1. The number of nitro groups is 1. The zero-order chi connectivity index (χ0) is 13.9. The fourth-order valence-electron chi connectivity index (χ4n) is 1.49. The van der Waals surface area contributed by atoms with E-state index in [-0.39, 0.29) is 17.1 Å². The number of halogens is 1. The number of hydrogen-bond donors (Lipinski definition) is 1. The monoisotopic (exact) mass is 256 g/mol. The van der Waals surface area contributed by atoms with Gasteiger partial charge in [0.15, 0.2) is 0 Å². The van der Waals surface area contributed by atoms with E-state index < -0.39 is 10.7 Å². The number of nitrogens with two attached hydrogens (primary N) is 1. The second-order valence-corrected chi connectivity index (χ2v) is 4.34. The summed E-state index contributed by atoms with van der Waals surface area (Å²) in [5.41, 5.74) is 5.17. The highest BCUT2D eigenvalue weighted by Gasteiger charge is 2.20. The first kappa shape index (κ1) is 14.2. The molecule has 0 aromatic heterocycles. The summed E-state index contributed by atoms with van der Waals surface area (Å²) >= 11 is 0. The summed E-state index contributed by atoms with van der Waals surface area (Å²) in [6, 6.07) is 2.15. The van der Waals surface area contributed by atoms with Gasteiger partial charge in [-0.1, -0.05) is 0 Å². The first-order valence-corrected chi connectivity index (χ1v) is 5.42. The molecule has 0 bridgehead atoms. The largest absolute Gasteiger partial charge is 0.396 e. The van der Waals surface area contributed by atoms with E-state index >= 15 is 0 Å². The minimum atomic E-state index is -0.646. The van der Waals surface area contributed by atoms with Crippen molar-refractivity contribution in [3.63, 3.8) is 0 Å². The first-order valence-electron chi connectivity index (χ1n) is 5.42. The molecule has 100 valence electrons. The molecule has 1 rings (SSSR count). The van der Waals surface area contributed by atoms with Gasteiger partial charge in [0, 0.05) is 32.3 Å². The van der Waals surface area contributed by atoms with Gasteiger partial charge in [0.2, 0.25) is 0 Å². The zero-order valence-electron chi connectivity index (χ0n) is 10.7. The average Bonchev–Trinajstić information content (AvgIpc) is 2.28. The topological polar surface area (TPSA) is 75.6 Å². The van der Waals surface area contributed by atoms with Crippen molar-refractivity contribution in [2.45, 2.75) is 0 Å². The van der Waals surface area contributed by atoms with Crippen molar-refractivity contribution < 1.29 is 9.31 Å². The molecule has 0 spiro atoms. The fraction of sp³-hybridized carbons (Fsp3) is 0.455. The van der Waals surface area contributed by atoms with Crippen LogP contribution in [0.4, 0.5) is 21.5 Å². The van der Waals surface area contributed by atoms with Crippen LogP contribution in [0.15, 0.2) is 12.1 Å². The Bertz CT molecular complexity index is 451. The van der Waals surface area contributed by atoms with Crippen LogP contribution in [0, 0.1) is 15.9 Å². The smallest absolute Gasteiger partial charge is 0.294 e. The van der Waals surface area contributed by atoms with Crippen LogP contribution in [-0.2, 0) is 0 Å². The van der Waals surface area contributed by atoms with E-state index in [2.05, 4.69) is 0 Å². The van der Waals surface area contributed by atoms with E-state index in [1.54, 1.807) is 11.9 Å². The molecule has 0 radical (unpaired) electrons. The third-order valence-corrected chi connectivity index (χ3v) is 2.58. The van der Waals surface area contributed by atoms with E-state index in [9.17, 15) is 14.5 Å². The molecule has 0 heterocycles. The summed E-state index contributed by atoms with van der Waals surface area (Å²) in [6.07, 6.45) is 0. The summed E-state index contributed by atoms with van der Waals surface area (Å²) in [4.78, 5) is 13.9. The lowest BCUT2D eigenvalue weighted by molar-refractivity contribution is -0.384. The molecule has 6 nitrogen and oxygen atoms in total. The van der Waals surface area contributed by atoms with Crippen LogP contribution in [0.25, 0.3) is 0 Å². The highest BCUT2D eigenvalue weighted by Crippen LogP contribution is 2.31. The standard InChI is InChI=1S/C11H17FN4O2/c1-14(2)4-5-15(3)10-6-8(12)9(13)7-11(10)16(17)18/h6-7H,4-5,13H2,1-3H3. The molecule has 0 aliphatic rings. The number of nitrogens with zero attached hydrogens (tertiary/aromatic N) is 3. The van der Waals surface area contributed by atoms with Crippen LogP contribution in [0.1, 0.15) is 0 Å². The summed E-state index contributed by atoms with van der Waals surface area (Å²) in [6.45, 7) is 1.26. The highest BCUT2D eigenvalue weighted by molar-refractivity contribution is 5.68. The van der Waals surface area contributed by atoms with Crippen LogP contribution in [0.5, 0.6) is 0 Å². The molecule has 1 aromatic carbocycles. The SMILES string of the molecule is CN(C)CCN(C)c1cc(F)c(N)cc1[N+](=O)[O-]. The molecule has 18 heavy (non-hydrogen) atoms. The van der Waals surface area contributed by atoms with Gasteiger partial charge in [-0.15, -0.1) is 0 Å². The molecule has 0 fully saturated rings. The third-order valence-electron chi connectivity index (χ3n) is 2.58. The van der Waals surface area contributed by atoms with Gasteiger partial charge in [-0.3, -0.25) is 10.1 Å². The molecule has 0 unspecified atom stereocenters. The molecule has 0 aliphatic carbocycles. The van der Waals surface area contributed by atoms with Crippen molar-refractivity contribution in [3.05, 3.63) is 28.1 Å². The van der Waals surface area contributed by atoms with Gasteiger partial charge in [0.25, 0.3) is 5.69 Å². The Balaban J connectivity index is 3.05. The molecule has 2 N–H and O–H groups in total. The van der Waals surface area contributed by atoms with Crippen molar-refractivity contribution >= 4 is 17.1 Å². The molecule has 7 heteroatoms. The van der Waals surface area contributed by atoms with E-state index in [4.69, 9.17) is 5.73 Å². The minimum Gasteiger partial charge on any atom is -0.396 e. The number of benzene rings is 1. The third kappa shape index (κ3) is 3.30. The molecule has 0 saturated carbocycles. The molecule has 0 amide bonds.